The minimum atomic E-state index is -0.483. The fraction of sp³-hybridized carbons (Fsp3) is 0.625. The second-order valence-corrected chi connectivity index (χ2v) is 6.04. The lowest BCUT2D eigenvalue weighted by Gasteiger charge is -2.29. The van der Waals surface area contributed by atoms with Crippen LogP contribution in [-0.2, 0) is 11.2 Å². The standard InChI is InChI=1S/C16H25F2NO/c1-11(19-12(2)10-16(3,4)20-5)9-13-14(17)7-6-8-15(13)18/h6-8,11-12,19H,9-10H2,1-5H3. The molecule has 1 aromatic rings. The maximum atomic E-state index is 13.6. The second kappa shape index (κ2) is 7.14. The molecule has 2 nitrogen and oxygen atoms in total. The van der Waals surface area contributed by atoms with Gasteiger partial charge in [-0.25, -0.2) is 8.78 Å². The van der Waals surface area contributed by atoms with E-state index in [4.69, 9.17) is 4.74 Å². The van der Waals surface area contributed by atoms with Crippen LogP contribution in [0.3, 0.4) is 0 Å². The third kappa shape index (κ3) is 5.17. The maximum Gasteiger partial charge on any atom is 0.129 e. The van der Waals surface area contributed by atoms with Gasteiger partial charge in [-0.1, -0.05) is 6.07 Å². The highest BCUT2D eigenvalue weighted by molar-refractivity contribution is 5.20. The molecule has 2 atom stereocenters. The SMILES string of the molecule is COC(C)(C)CC(C)NC(C)Cc1c(F)cccc1F. The summed E-state index contributed by atoms with van der Waals surface area (Å²) in [4.78, 5) is 0. The van der Waals surface area contributed by atoms with Crippen molar-refractivity contribution in [2.45, 2.75) is 58.2 Å². The van der Waals surface area contributed by atoms with Crippen molar-refractivity contribution in [3.8, 4) is 0 Å². The molecular formula is C16H25F2NO. The van der Waals surface area contributed by atoms with Crippen LogP contribution in [0.2, 0.25) is 0 Å². The molecule has 0 saturated carbocycles. The molecule has 0 spiro atoms. The topological polar surface area (TPSA) is 21.3 Å². The number of halogens is 2. The molecule has 20 heavy (non-hydrogen) atoms. The predicted molar refractivity (Wildman–Crippen MR) is 77.8 cm³/mol. The molecule has 0 fully saturated rings. The van der Waals surface area contributed by atoms with Crippen LogP contribution in [0, 0.1) is 11.6 Å². The van der Waals surface area contributed by atoms with Crippen LogP contribution < -0.4 is 5.32 Å². The Hall–Kier alpha value is -1.00. The van der Waals surface area contributed by atoms with E-state index in [1.54, 1.807) is 7.11 Å². The molecule has 4 heteroatoms. The van der Waals surface area contributed by atoms with Crippen LogP contribution in [0.4, 0.5) is 8.78 Å². The Morgan fingerprint density at radius 2 is 1.70 bits per heavy atom. The molecular weight excluding hydrogens is 260 g/mol. The van der Waals surface area contributed by atoms with Gasteiger partial charge in [-0.2, -0.15) is 0 Å². The van der Waals surface area contributed by atoms with Gasteiger partial charge >= 0.3 is 0 Å². The molecule has 0 aliphatic carbocycles. The summed E-state index contributed by atoms with van der Waals surface area (Å²) in [5, 5.41) is 3.36. The quantitative estimate of drug-likeness (QED) is 0.825. The molecule has 1 N–H and O–H groups in total. The van der Waals surface area contributed by atoms with Gasteiger partial charge in [0.15, 0.2) is 0 Å². The van der Waals surface area contributed by atoms with E-state index in [2.05, 4.69) is 12.2 Å². The molecule has 0 radical (unpaired) electrons. The number of benzene rings is 1. The Labute approximate surface area is 120 Å². The molecule has 0 saturated heterocycles. The third-order valence-corrected chi connectivity index (χ3v) is 3.49. The molecule has 1 rings (SSSR count). The lowest BCUT2D eigenvalue weighted by Crippen LogP contribution is -2.41. The van der Waals surface area contributed by atoms with Crippen molar-refractivity contribution in [2.75, 3.05) is 7.11 Å². The fourth-order valence-electron chi connectivity index (χ4n) is 2.46. The van der Waals surface area contributed by atoms with E-state index in [9.17, 15) is 8.78 Å². The monoisotopic (exact) mass is 285 g/mol. The number of hydrogen-bond donors (Lipinski definition) is 1. The summed E-state index contributed by atoms with van der Waals surface area (Å²) < 4.78 is 32.6. The Morgan fingerprint density at radius 1 is 1.15 bits per heavy atom. The number of ether oxygens (including phenoxy) is 1. The smallest absolute Gasteiger partial charge is 0.129 e. The Balaban J connectivity index is 2.57. The average Bonchev–Trinajstić information content (AvgIpc) is 2.33. The van der Waals surface area contributed by atoms with E-state index < -0.39 is 11.6 Å². The van der Waals surface area contributed by atoms with Gasteiger partial charge in [0.25, 0.3) is 0 Å². The van der Waals surface area contributed by atoms with Gasteiger partial charge in [0.05, 0.1) is 5.60 Å². The largest absolute Gasteiger partial charge is 0.379 e. The van der Waals surface area contributed by atoms with Crippen molar-refractivity contribution in [1.82, 2.24) is 5.32 Å². The minimum absolute atomic E-state index is 0.0101. The summed E-state index contributed by atoms with van der Waals surface area (Å²) in [5.74, 6) is -0.966. The molecule has 0 heterocycles. The van der Waals surface area contributed by atoms with Crippen LogP contribution >= 0.6 is 0 Å². The van der Waals surface area contributed by atoms with Crippen LogP contribution in [0.5, 0.6) is 0 Å². The summed E-state index contributed by atoms with van der Waals surface area (Å²) >= 11 is 0. The van der Waals surface area contributed by atoms with Crippen LogP contribution in [0.25, 0.3) is 0 Å². The zero-order chi connectivity index (χ0) is 15.3. The number of nitrogens with one attached hydrogen (secondary N) is 1. The highest BCUT2D eigenvalue weighted by Crippen LogP contribution is 2.17. The zero-order valence-electron chi connectivity index (χ0n) is 13.0. The lowest BCUT2D eigenvalue weighted by molar-refractivity contribution is 0.00784. The van der Waals surface area contributed by atoms with Gasteiger partial charge in [-0.05, 0) is 52.7 Å². The van der Waals surface area contributed by atoms with Gasteiger partial charge < -0.3 is 10.1 Å². The highest BCUT2D eigenvalue weighted by Gasteiger charge is 2.21. The molecule has 0 amide bonds. The molecule has 0 aliphatic rings. The minimum Gasteiger partial charge on any atom is -0.379 e. The molecule has 2 unspecified atom stereocenters. The third-order valence-electron chi connectivity index (χ3n) is 3.49. The summed E-state index contributed by atoms with van der Waals surface area (Å²) in [6, 6.07) is 4.17. The van der Waals surface area contributed by atoms with E-state index in [1.807, 2.05) is 20.8 Å². The first-order chi connectivity index (χ1) is 9.25. The van der Waals surface area contributed by atoms with Crippen molar-refractivity contribution in [3.05, 3.63) is 35.4 Å². The van der Waals surface area contributed by atoms with Gasteiger partial charge in [0.1, 0.15) is 11.6 Å². The Morgan fingerprint density at radius 3 is 2.20 bits per heavy atom. The summed E-state index contributed by atoms with van der Waals surface area (Å²) in [5.41, 5.74) is -0.0687. The average molecular weight is 285 g/mol. The normalized spacial score (nSPS) is 15.2. The van der Waals surface area contributed by atoms with Gasteiger partial charge in [0.2, 0.25) is 0 Å². The summed E-state index contributed by atoms with van der Waals surface area (Å²) in [6.45, 7) is 8.02. The second-order valence-electron chi connectivity index (χ2n) is 6.04. The van der Waals surface area contributed by atoms with Gasteiger partial charge in [0, 0.05) is 24.8 Å². The fourth-order valence-corrected chi connectivity index (χ4v) is 2.46. The first-order valence-electron chi connectivity index (χ1n) is 6.99. The van der Waals surface area contributed by atoms with Gasteiger partial charge in [-0.15, -0.1) is 0 Å². The van der Waals surface area contributed by atoms with E-state index in [0.717, 1.165) is 6.42 Å². The van der Waals surface area contributed by atoms with E-state index in [-0.39, 0.29) is 23.2 Å². The number of rotatable bonds is 7. The molecule has 0 aromatic heterocycles. The molecule has 114 valence electrons. The van der Waals surface area contributed by atoms with Crippen molar-refractivity contribution in [1.29, 1.82) is 0 Å². The van der Waals surface area contributed by atoms with Crippen LogP contribution in [-0.4, -0.2) is 24.8 Å². The predicted octanol–water partition coefficient (Wildman–Crippen LogP) is 3.69. The lowest BCUT2D eigenvalue weighted by atomic mass is 9.98. The van der Waals surface area contributed by atoms with E-state index >= 15 is 0 Å². The number of hydrogen-bond acceptors (Lipinski definition) is 2. The Kier molecular flexibility index (Phi) is 6.08. The molecule has 1 aromatic carbocycles. The van der Waals surface area contributed by atoms with Crippen molar-refractivity contribution >= 4 is 0 Å². The van der Waals surface area contributed by atoms with Crippen LogP contribution in [0.1, 0.15) is 39.7 Å². The summed E-state index contributed by atoms with van der Waals surface area (Å²) in [7, 11) is 1.69. The molecule has 0 aliphatic heterocycles. The number of methoxy groups -OCH3 is 1. The van der Waals surface area contributed by atoms with Crippen molar-refractivity contribution in [3.63, 3.8) is 0 Å². The zero-order valence-corrected chi connectivity index (χ0v) is 13.0. The maximum absolute atomic E-state index is 13.6. The summed E-state index contributed by atoms with van der Waals surface area (Å²) in [6.07, 6.45) is 1.16. The molecule has 0 bridgehead atoms. The van der Waals surface area contributed by atoms with Crippen molar-refractivity contribution < 1.29 is 13.5 Å². The van der Waals surface area contributed by atoms with Crippen molar-refractivity contribution in [2.24, 2.45) is 0 Å². The van der Waals surface area contributed by atoms with E-state index in [0.29, 0.717) is 6.42 Å². The highest BCUT2D eigenvalue weighted by atomic mass is 19.1. The first kappa shape index (κ1) is 17.1. The first-order valence-corrected chi connectivity index (χ1v) is 6.99. The van der Waals surface area contributed by atoms with Crippen LogP contribution in [0.15, 0.2) is 18.2 Å². The van der Waals surface area contributed by atoms with Gasteiger partial charge in [-0.3, -0.25) is 0 Å². The van der Waals surface area contributed by atoms with E-state index in [1.165, 1.54) is 18.2 Å². The Bertz CT molecular complexity index is 414.